The van der Waals surface area contributed by atoms with Gasteiger partial charge < -0.3 is 0 Å². The van der Waals surface area contributed by atoms with Crippen molar-refractivity contribution in [3.63, 3.8) is 0 Å². The Balaban J connectivity index is 2.14. The molecule has 0 aliphatic heterocycles. The molecular formula is C15H12ClIN4. The van der Waals surface area contributed by atoms with E-state index in [0.717, 1.165) is 26.9 Å². The van der Waals surface area contributed by atoms with Crippen LogP contribution in [0.15, 0.2) is 42.7 Å². The third-order valence-electron chi connectivity index (χ3n) is 3.07. The van der Waals surface area contributed by atoms with E-state index in [-0.39, 0.29) is 0 Å². The SMILES string of the molecule is CCn1cc(-c2nc(Cl)c(I)c(-c3ccccc3)n2)cn1. The van der Waals surface area contributed by atoms with Crippen molar-refractivity contribution < 1.29 is 0 Å². The van der Waals surface area contributed by atoms with E-state index in [1.54, 1.807) is 6.20 Å². The molecule has 0 saturated heterocycles. The predicted octanol–water partition coefficient (Wildman–Crippen LogP) is 4.29. The zero-order valence-electron chi connectivity index (χ0n) is 11.3. The standard InChI is InChI=1S/C15H12ClIN4/c1-2-21-9-11(8-18-21)15-19-13(12(17)14(16)20-15)10-6-4-3-5-7-10/h3-9H,2H2,1H3. The molecule has 0 fully saturated rings. The van der Waals surface area contributed by atoms with E-state index in [2.05, 4.69) is 37.7 Å². The van der Waals surface area contributed by atoms with Gasteiger partial charge in [-0.05, 0) is 29.5 Å². The van der Waals surface area contributed by atoms with Gasteiger partial charge in [-0.1, -0.05) is 41.9 Å². The average Bonchev–Trinajstić information content (AvgIpc) is 3.00. The van der Waals surface area contributed by atoms with Gasteiger partial charge in [-0.2, -0.15) is 5.10 Å². The number of nitrogens with zero attached hydrogens (tertiary/aromatic N) is 4. The summed E-state index contributed by atoms with van der Waals surface area (Å²) in [6.45, 7) is 2.84. The lowest BCUT2D eigenvalue weighted by atomic mass is 10.1. The van der Waals surface area contributed by atoms with Crippen molar-refractivity contribution in [3.05, 3.63) is 51.4 Å². The normalized spacial score (nSPS) is 10.8. The average molecular weight is 411 g/mol. The summed E-state index contributed by atoms with van der Waals surface area (Å²) in [4.78, 5) is 9.04. The van der Waals surface area contributed by atoms with Crippen molar-refractivity contribution in [2.24, 2.45) is 0 Å². The Kier molecular flexibility index (Phi) is 4.21. The summed E-state index contributed by atoms with van der Waals surface area (Å²) in [5.41, 5.74) is 2.73. The minimum absolute atomic E-state index is 0.462. The summed E-state index contributed by atoms with van der Waals surface area (Å²) in [5, 5.41) is 4.72. The zero-order valence-corrected chi connectivity index (χ0v) is 14.2. The molecule has 4 nitrogen and oxygen atoms in total. The van der Waals surface area contributed by atoms with Crippen molar-refractivity contribution >= 4 is 34.2 Å². The number of aromatic nitrogens is 4. The summed E-state index contributed by atoms with van der Waals surface area (Å²) in [5.74, 6) is 0.596. The molecule has 106 valence electrons. The zero-order chi connectivity index (χ0) is 14.8. The van der Waals surface area contributed by atoms with Crippen LogP contribution in [0.25, 0.3) is 22.6 Å². The molecule has 0 aliphatic carbocycles. The van der Waals surface area contributed by atoms with Gasteiger partial charge >= 0.3 is 0 Å². The summed E-state index contributed by atoms with van der Waals surface area (Å²) < 4.78 is 2.69. The van der Waals surface area contributed by atoms with Crippen molar-refractivity contribution in [1.29, 1.82) is 0 Å². The largest absolute Gasteiger partial charge is 0.272 e. The van der Waals surface area contributed by atoms with E-state index >= 15 is 0 Å². The van der Waals surface area contributed by atoms with E-state index in [0.29, 0.717) is 11.0 Å². The van der Waals surface area contributed by atoms with Crippen molar-refractivity contribution in [2.75, 3.05) is 0 Å². The summed E-state index contributed by atoms with van der Waals surface area (Å²) >= 11 is 8.45. The molecular weight excluding hydrogens is 399 g/mol. The quantitative estimate of drug-likeness (QED) is 0.478. The maximum Gasteiger partial charge on any atom is 0.164 e. The van der Waals surface area contributed by atoms with Crippen molar-refractivity contribution in [1.82, 2.24) is 19.7 Å². The Labute approximate surface area is 141 Å². The third-order valence-corrected chi connectivity index (χ3v) is 4.69. The van der Waals surface area contributed by atoms with Crippen LogP contribution in [0.3, 0.4) is 0 Å². The van der Waals surface area contributed by atoms with E-state index in [1.807, 2.05) is 48.1 Å². The molecule has 3 aromatic rings. The van der Waals surface area contributed by atoms with Crippen molar-refractivity contribution in [2.45, 2.75) is 13.5 Å². The van der Waals surface area contributed by atoms with Crippen LogP contribution in [-0.2, 0) is 6.54 Å². The van der Waals surface area contributed by atoms with Gasteiger partial charge in [0.2, 0.25) is 0 Å². The molecule has 0 saturated carbocycles. The molecule has 21 heavy (non-hydrogen) atoms. The lowest BCUT2D eigenvalue weighted by molar-refractivity contribution is 0.660. The lowest BCUT2D eigenvalue weighted by Gasteiger charge is -2.07. The van der Waals surface area contributed by atoms with Gasteiger partial charge in [0.15, 0.2) is 5.82 Å². The Hall–Kier alpha value is -1.47. The predicted molar refractivity (Wildman–Crippen MR) is 92.1 cm³/mol. The van der Waals surface area contributed by atoms with Crippen molar-refractivity contribution in [3.8, 4) is 22.6 Å². The molecule has 1 aromatic carbocycles. The first-order valence-corrected chi connectivity index (χ1v) is 7.96. The maximum absolute atomic E-state index is 6.27. The highest BCUT2D eigenvalue weighted by molar-refractivity contribution is 14.1. The summed E-state index contributed by atoms with van der Waals surface area (Å²) in [7, 11) is 0. The smallest absolute Gasteiger partial charge is 0.164 e. The van der Waals surface area contributed by atoms with E-state index in [4.69, 9.17) is 11.6 Å². The monoisotopic (exact) mass is 410 g/mol. The van der Waals surface area contributed by atoms with Crippen LogP contribution in [0.5, 0.6) is 0 Å². The minimum Gasteiger partial charge on any atom is -0.272 e. The third kappa shape index (κ3) is 2.94. The Morgan fingerprint density at radius 1 is 1.14 bits per heavy atom. The van der Waals surface area contributed by atoms with Gasteiger partial charge in [-0.15, -0.1) is 0 Å². The van der Waals surface area contributed by atoms with E-state index in [9.17, 15) is 0 Å². The second kappa shape index (κ2) is 6.11. The molecule has 0 atom stereocenters. The summed E-state index contributed by atoms with van der Waals surface area (Å²) in [6.07, 6.45) is 3.68. The number of hydrogen-bond donors (Lipinski definition) is 0. The van der Waals surface area contributed by atoms with Crippen LogP contribution in [0.1, 0.15) is 6.92 Å². The van der Waals surface area contributed by atoms with Crippen LogP contribution in [0.2, 0.25) is 5.15 Å². The van der Waals surface area contributed by atoms with Crippen LogP contribution in [-0.4, -0.2) is 19.7 Å². The molecule has 2 heterocycles. The first kappa shape index (κ1) is 14.5. The van der Waals surface area contributed by atoms with E-state index in [1.165, 1.54) is 0 Å². The molecule has 0 spiro atoms. The fourth-order valence-corrected chi connectivity index (χ4v) is 2.71. The minimum atomic E-state index is 0.462. The van der Waals surface area contributed by atoms with Gasteiger partial charge in [-0.3, -0.25) is 4.68 Å². The van der Waals surface area contributed by atoms with Gasteiger partial charge in [0, 0.05) is 18.3 Å². The molecule has 0 aliphatic rings. The molecule has 0 N–H and O–H groups in total. The molecule has 0 amide bonds. The molecule has 2 aromatic heterocycles. The van der Waals surface area contributed by atoms with Crippen LogP contribution in [0, 0.1) is 3.57 Å². The Bertz CT molecular complexity index is 771. The van der Waals surface area contributed by atoms with E-state index < -0.39 is 0 Å². The number of rotatable bonds is 3. The van der Waals surface area contributed by atoms with Gasteiger partial charge in [-0.25, -0.2) is 9.97 Å². The number of benzene rings is 1. The first-order valence-electron chi connectivity index (χ1n) is 6.50. The highest BCUT2D eigenvalue weighted by Crippen LogP contribution is 2.30. The molecule has 3 rings (SSSR count). The number of hydrogen-bond acceptors (Lipinski definition) is 3. The van der Waals surface area contributed by atoms with Crippen LogP contribution in [0.4, 0.5) is 0 Å². The molecule has 0 bridgehead atoms. The Morgan fingerprint density at radius 3 is 2.57 bits per heavy atom. The first-order chi connectivity index (χ1) is 10.2. The fourth-order valence-electron chi connectivity index (χ4n) is 1.99. The van der Waals surface area contributed by atoms with Crippen LogP contribution >= 0.6 is 34.2 Å². The van der Waals surface area contributed by atoms with Gasteiger partial charge in [0.05, 0.1) is 21.0 Å². The molecule has 0 unspecified atom stereocenters. The maximum atomic E-state index is 6.27. The topological polar surface area (TPSA) is 43.6 Å². The fraction of sp³-hybridized carbons (Fsp3) is 0.133. The van der Waals surface area contributed by atoms with Crippen LogP contribution < -0.4 is 0 Å². The Morgan fingerprint density at radius 2 is 1.90 bits per heavy atom. The number of aryl methyl sites for hydroxylation is 1. The highest BCUT2D eigenvalue weighted by Gasteiger charge is 2.14. The molecule has 0 radical (unpaired) electrons. The molecule has 6 heteroatoms. The highest BCUT2D eigenvalue weighted by atomic mass is 127. The number of halogens is 2. The lowest BCUT2D eigenvalue weighted by Crippen LogP contribution is -1.97. The van der Waals surface area contributed by atoms with Gasteiger partial charge in [0.1, 0.15) is 5.15 Å². The second-order valence-corrected chi connectivity index (χ2v) is 5.89. The van der Waals surface area contributed by atoms with Gasteiger partial charge in [0.25, 0.3) is 0 Å². The second-order valence-electron chi connectivity index (χ2n) is 4.45. The summed E-state index contributed by atoms with van der Waals surface area (Å²) in [6, 6.07) is 9.97.